The lowest BCUT2D eigenvalue weighted by Gasteiger charge is -2.25. The highest BCUT2D eigenvalue weighted by Gasteiger charge is 2.39. The van der Waals surface area contributed by atoms with Crippen molar-refractivity contribution in [3.63, 3.8) is 0 Å². The Bertz CT molecular complexity index is 1340. The summed E-state index contributed by atoms with van der Waals surface area (Å²) in [7, 11) is 0. The van der Waals surface area contributed by atoms with Crippen LogP contribution in [0.3, 0.4) is 0 Å². The van der Waals surface area contributed by atoms with Gasteiger partial charge in [0.2, 0.25) is 5.91 Å². The van der Waals surface area contributed by atoms with Gasteiger partial charge in [-0.1, -0.05) is 18.8 Å². The van der Waals surface area contributed by atoms with E-state index in [1.165, 1.54) is 12.4 Å². The second kappa shape index (κ2) is 7.67. The maximum Gasteiger partial charge on any atom is 0.228 e. The Hall–Kier alpha value is -3.44. The van der Waals surface area contributed by atoms with Gasteiger partial charge < -0.3 is 15.4 Å². The first-order valence-corrected chi connectivity index (χ1v) is 10.2. The number of hydrogen-bond acceptors (Lipinski definition) is 6. The molecule has 0 bridgehead atoms. The van der Waals surface area contributed by atoms with Gasteiger partial charge in [0.1, 0.15) is 11.6 Å². The fourth-order valence-electron chi connectivity index (χ4n) is 3.61. The van der Waals surface area contributed by atoms with E-state index in [4.69, 9.17) is 8.85 Å². The third-order valence-electron chi connectivity index (χ3n) is 5.83. The highest BCUT2D eigenvalue weighted by Crippen LogP contribution is 2.38. The summed E-state index contributed by atoms with van der Waals surface area (Å²) in [6.45, 7) is 2.80. The van der Waals surface area contributed by atoms with Gasteiger partial charge in [-0.15, -0.1) is 0 Å². The van der Waals surface area contributed by atoms with E-state index in [0.29, 0.717) is 41.3 Å². The second-order valence-corrected chi connectivity index (χ2v) is 8.12. The summed E-state index contributed by atoms with van der Waals surface area (Å²) in [6, 6.07) is 1.94. The van der Waals surface area contributed by atoms with Crippen LogP contribution in [0.4, 0.5) is 11.6 Å². The number of fused-ring (bicyclic) bond motifs is 1. The van der Waals surface area contributed by atoms with Crippen molar-refractivity contribution in [1.82, 2.24) is 19.7 Å². The van der Waals surface area contributed by atoms with Crippen molar-refractivity contribution in [2.24, 2.45) is 11.8 Å². The molecule has 31 heavy (non-hydrogen) atoms. The zero-order chi connectivity index (χ0) is 24.0. The van der Waals surface area contributed by atoms with Crippen LogP contribution in [0, 0.1) is 30.6 Å². The zero-order valence-electron chi connectivity index (χ0n) is 20.3. The van der Waals surface area contributed by atoms with Crippen LogP contribution in [-0.4, -0.2) is 45.8 Å². The summed E-state index contributed by atoms with van der Waals surface area (Å²) in [5.74, 6) is 7.17. The third kappa shape index (κ3) is 3.73. The number of carbonyl (C=O) groups excluding carboxylic acids is 1. The molecular formula is C23H24N6O2. The zero-order valence-corrected chi connectivity index (χ0v) is 17.3. The summed E-state index contributed by atoms with van der Waals surface area (Å²) in [5, 5.41) is 11.0. The number of aryl methyl sites for hydroxylation is 1. The van der Waals surface area contributed by atoms with Gasteiger partial charge in [0.25, 0.3) is 0 Å². The van der Waals surface area contributed by atoms with E-state index < -0.39 is 6.98 Å². The Morgan fingerprint density at radius 1 is 1.26 bits per heavy atom. The molecule has 4 heterocycles. The summed E-state index contributed by atoms with van der Waals surface area (Å²) >= 11 is 0. The number of amides is 1. The number of hydrogen-bond donors (Lipinski definition) is 2. The van der Waals surface area contributed by atoms with E-state index in [9.17, 15) is 4.79 Å². The SMILES string of the molecule is [2H]C([2H])([2H])Nc1ncc(C#Cc2cn(C3COC3)nc2C)c2cc(NC(=O)[C@H]3C[C@H]3C)ncc12. The molecule has 8 nitrogen and oxygen atoms in total. The fourth-order valence-corrected chi connectivity index (χ4v) is 3.61. The van der Waals surface area contributed by atoms with Gasteiger partial charge in [-0.05, 0) is 25.3 Å². The van der Waals surface area contributed by atoms with Gasteiger partial charge in [0.15, 0.2) is 0 Å². The van der Waals surface area contributed by atoms with Crippen molar-refractivity contribution in [3.05, 3.63) is 41.5 Å². The maximum atomic E-state index is 12.4. The number of anilines is 2. The molecule has 2 N–H and O–H groups in total. The van der Waals surface area contributed by atoms with Crippen LogP contribution >= 0.6 is 0 Å². The molecule has 0 aromatic carbocycles. The van der Waals surface area contributed by atoms with Gasteiger partial charge in [-0.2, -0.15) is 5.10 Å². The van der Waals surface area contributed by atoms with Gasteiger partial charge in [-0.25, -0.2) is 9.97 Å². The molecule has 1 saturated carbocycles. The number of rotatable bonds is 4. The first kappa shape index (κ1) is 16.3. The van der Waals surface area contributed by atoms with E-state index in [-0.39, 0.29) is 23.7 Å². The Kier molecular flexibility index (Phi) is 4.03. The van der Waals surface area contributed by atoms with E-state index in [2.05, 4.69) is 37.5 Å². The number of ether oxygens (including phenoxy) is 1. The molecule has 2 fully saturated rings. The normalized spacial score (nSPS) is 21.8. The van der Waals surface area contributed by atoms with Crippen LogP contribution in [0.2, 0.25) is 0 Å². The standard InChI is InChI=1S/C23H24N6O2/c1-13-6-18(13)23(30)27-21-7-19-15(8-26-22(24-3)20(19)9-25-21)4-5-16-10-29(28-14(16)2)17-11-31-12-17/h7-10,13,17-18H,6,11-12H2,1-3H3,(H,24,26)(H,25,27,30)/t13-,18+/m1/s1/i3D3. The topological polar surface area (TPSA) is 94.0 Å². The molecule has 1 saturated heterocycles. The number of aromatic nitrogens is 4. The predicted octanol–water partition coefficient (Wildman–Crippen LogP) is 2.74. The van der Waals surface area contributed by atoms with Crippen molar-refractivity contribution in [1.29, 1.82) is 0 Å². The average molecular weight is 420 g/mol. The molecule has 158 valence electrons. The van der Waals surface area contributed by atoms with E-state index in [1.807, 2.05) is 24.7 Å². The minimum Gasteiger partial charge on any atom is -0.377 e. The Balaban J connectivity index is 1.52. The minimum absolute atomic E-state index is 0.00238. The van der Waals surface area contributed by atoms with E-state index in [1.54, 1.807) is 6.07 Å². The van der Waals surface area contributed by atoms with Gasteiger partial charge in [0, 0.05) is 46.4 Å². The molecule has 0 spiro atoms. The highest BCUT2D eigenvalue weighted by atomic mass is 16.5. The molecule has 2 aliphatic rings. The first-order chi connectivity index (χ1) is 16.2. The van der Waals surface area contributed by atoms with Gasteiger partial charge >= 0.3 is 0 Å². The average Bonchev–Trinajstić information content (AvgIpc) is 3.35. The van der Waals surface area contributed by atoms with Crippen LogP contribution in [0.25, 0.3) is 10.8 Å². The molecule has 5 rings (SSSR count). The summed E-state index contributed by atoms with van der Waals surface area (Å²) in [5.41, 5.74) is 2.18. The molecule has 2 atom stereocenters. The summed E-state index contributed by atoms with van der Waals surface area (Å²) < 4.78 is 29.7. The molecule has 8 heteroatoms. The lowest BCUT2D eigenvalue weighted by Crippen LogP contribution is -2.30. The number of nitrogens with zero attached hydrogens (tertiary/aromatic N) is 4. The molecule has 0 unspecified atom stereocenters. The van der Waals surface area contributed by atoms with Crippen LogP contribution in [0.15, 0.2) is 24.7 Å². The van der Waals surface area contributed by atoms with Crippen molar-refractivity contribution >= 4 is 28.3 Å². The maximum absolute atomic E-state index is 12.4. The molecule has 1 aliphatic heterocycles. The molecular weight excluding hydrogens is 392 g/mol. The third-order valence-corrected chi connectivity index (χ3v) is 5.83. The molecule has 3 aromatic rings. The number of carbonyl (C=O) groups is 1. The Morgan fingerprint density at radius 2 is 2.06 bits per heavy atom. The van der Waals surface area contributed by atoms with Crippen molar-refractivity contribution in [2.45, 2.75) is 26.3 Å². The molecule has 1 amide bonds. The largest absolute Gasteiger partial charge is 0.377 e. The summed E-state index contributed by atoms with van der Waals surface area (Å²) in [4.78, 5) is 21.0. The van der Waals surface area contributed by atoms with Crippen LogP contribution < -0.4 is 10.6 Å². The van der Waals surface area contributed by atoms with Crippen molar-refractivity contribution in [3.8, 4) is 11.8 Å². The fraction of sp³-hybridized carbons (Fsp3) is 0.391. The van der Waals surface area contributed by atoms with Crippen molar-refractivity contribution < 1.29 is 13.6 Å². The van der Waals surface area contributed by atoms with E-state index >= 15 is 0 Å². The van der Waals surface area contributed by atoms with E-state index in [0.717, 1.165) is 17.7 Å². The van der Waals surface area contributed by atoms with Crippen LogP contribution in [0.5, 0.6) is 0 Å². The predicted molar refractivity (Wildman–Crippen MR) is 118 cm³/mol. The smallest absolute Gasteiger partial charge is 0.228 e. The lowest BCUT2D eigenvalue weighted by molar-refractivity contribution is -0.117. The van der Waals surface area contributed by atoms with Crippen molar-refractivity contribution in [2.75, 3.05) is 30.8 Å². The summed E-state index contributed by atoms with van der Waals surface area (Å²) in [6.07, 6.45) is 5.80. The Labute approximate surface area is 184 Å². The molecule has 3 aromatic heterocycles. The molecule has 1 aliphatic carbocycles. The number of nitrogens with one attached hydrogen (secondary N) is 2. The quantitative estimate of drug-likeness (QED) is 0.632. The van der Waals surface area contributed by atoms with Crippen LogP contribution in [0.1, 0.15) is 40.3 Å². The lowest BCUT2D eigenvalue weighted by atomic mass is 10.1. The number of pyridine rings is 2. The first-order valence-electron chi connectivity index (χ1n) is 11.7. The molecule has 0 radical (unpaired) electrons. The highest BCUT2D eigenvalue weighted by molar-refractivity contribution is 5.99. The van der Waals surface area contributed by atoms with Crippen LogP contribution in [-0.2, 0) is 9.53 Å². The second-order valence-electron chi connectivity index (χ2n) is 8.12. The minimum atomic E-state index is -2.42. The van der Waals surface area contributed by atoms with Gasteiger partial charge in [-0.3, -0.25) is 9.48 Å². The Morgan fingerprint density at radius 3 is 2.77 bits per heavy atom. The monoisotopic (exact) mass is 419 g/mol. The van der Waals surface area contributed by atoms with Gasteiger partial charge in [0.05, 0.1) is 36.1 Å².